The number of hydrogen-bond acceptors (Lipinski definition) is 2. The molecule has 0 atom stereocenters. The summed E-state index contributed by atoms with van der Waals surface area (Å²) in [6, 6.07) is 0. The zero-order chi connectivity index (χ0) is 12.8. The molecule has 0 aromatic carbocycles. The maximum absolute atomic E-state index is 12.2. The first-order chi connectivity index (χ1) is 8.77. The van der Waals surface area contributed by atoms with Crippen LogP contribution in [-0.4, -0.2) is 26.0 Å². The largest absolute Gasteiger partial charge is 0.356 e. The van der Waals surface area contributed by atoms with Gasteiger partial charge >= 0.3 is 0 Å². The normalized spacial score (nSPS) is 23.4. The highest BCUT2D eigenvalue weighted by atomic mass is 16.2. The van der Waals surface area contributed by atoms with E-state index in [2.05, 4.69) is 10.6 Å². The Kier molecular flexibility index (Phi) is 5.04. The van der Waals surface area contributed by atoms with E-state index in [0.29, 0.717) is 5.91 Å². The molecule has 2 saturated carbocycles. The molecule has 2 fully saturated rings. The molecule has 104 valence electrons. The first-order valence-corrected chi connectivity index (χ1v) is 7.70. The third-order valence-electron chi connectivity index (χ3n) is 4.87. The van der Waals surface area contributed by atoms with Crippen LogP contribution in [0, 0.1) is 11.3 Å². The van der Waals surface area contributed by atoms with Crippen molar-refractivity contribution >= 4 is 5.91 Å². The molecule has 2 rings (SSSR count). The molecule has 2 N–H and O–H groups in total. The number of amides is 1. The Bertz CT molecular complexity index is 268. The predicted molar refractivity (Wildman–Crippen MR) is 74.4 cm³/mol. The lowest BCUT2D eigenvalue weighted by molar-refractivity contribution is -0.135. The van der Waals surface area contributed by atoms with Gasteiger partial charge in [0.25, 0.3) is 0 Å². The van der Waals surface area contributed by atoms with Crippen molar-refractivity contribution in [2.45, 2.75) is 57.8 Å². The third-order valence-corrected chi connectivity index (χ3v) is 4.87. The van der Waals surface area contributed by atoms with Crippen molar-refractivity contribution in [3.8, 4) is 0 Å². The summed E-state index contributed by atoms with van der Waals surface area (Å²) in [6.45, 7) is 1.72. The predicted octanol–water partition coefficient (Wildman–Crippen LogP) is 2.46. The maximum atomic E-state index is 12.2. The van der Waals surface area contributed by atoms with Crippen LogP contribution in [0.1, 0.15) is 57.8 Å². The smallest absolute Gasteiger partial charge is 0.227 e. The number of rotatable bonds is 6. The molecule has 0 aromatic rings. The number of nitrogens with one attached hydrogen (secondary N) is 2. The molecular formula is C15H28N2O. The van der Waals surface area contributed by atoms with Gasteiger partial charge in [0.1, 0.15) is 0 Å². The van der Waals surface area contributed by atoms with E-state index in [0.717, 1.165) is 31.8 Å². The minimum atomic E-state index is -0.0820. The molecule has 3 heteroatoms. The number of hydrogen-bond donors (Lipinski definition) is 2. The van der Waals surface area contributed by atoms with E-state index in [4.69, 9.17) is 0 Å². The topological polar surface area (TPSA) is 41.1 Å². The van der Waals surface area contributed by atoms with Gasteiger partial charge in [0.15, 0.2) is 0 Å². The van der Waals surface area contributed by atoms with Gasteiger partial charge < -0.3 is 10.6 Å². The highest BCUT2D eigenvalue weighted by Crippen LogP contribution is 2.40. The summed E-state index contributed by atoms with van der Waals surface area (Å²) >= 11 is 0. The van der Waals surface area contributed by atoms with Gasteiger partial charge in [-0.15, -0.1) is 0 Å². The molecular weight excluding hydrogens is 224 g/mol. The summed E-state index contributed by atoms with van der Waals surface area (Å²) in [4.78, 5) is 12.2. The molecule has 1 amide bonds. The van der Waals surface area contributed by atoms with Crippen LogP contribution >= 0.6 is 0 Å². The van der Waals surface area contributed by atoms with Gasteiger partial charge in [-0.2, -0.15) is 0 Å². The van der Waals surface area contributed by atoms with Gasteiger partial charge in [0.05, 0.1) is 5.41 Å². The first-order valence-electron chi connectivity index (χ1n) is 7.70. The number of carbonyl (C=O) groups excluding carboxylic acids is 1. The fourth-order valence-electron chi connectivity index (χ4n) is 3.48. The van der Waals surface area contributed by atoms with Crippen LogP contribution in [-0.2, 0) is 4.79 Å². The summed E-state index contributed by atoms with van der Waals surface area (Å²) in [5.41, 5.74) is -0.0820. The Balaban J connectivity index is 1.67. The van der Waals surface area contributed by atoms with Crippen LogP contribution in [0.2, 0.25) is 0 Å². The molecule has 0 saturated heterocycles. The standard InChI is InChI=1S/C15H28N2O/c1-16-12-15(9-5-10-15)14(18)17-11-8-13-6-3-2-4-7-13/h13,16H,2-12H2,1H3,(H,17,18). The summed E-state index contributed by atoms with van der Waals surface area (Å²) in [7, 11) is 1.94. The molecule has 0 aliphatic heterocycles. The fourth-order valence-corrected chi connectivity index (χ4v) is 3.48. The van der Waals surface area contributed by atoms with E-state index in [1.807, 2.05) is 7.05 Å². The highest BCUT2D eigenvalue weighted by Gasteiger charge is 2.43. The average molecular weight is 252 g/mol. The highest BCUT2D eigenvalue weighted by molar-refractivity contribution is 5.83. The quantitative estimate of drug-likeness (QED) is 0.762. The molecule has 0 radical (unpaired) electrons. The lowest BCUT2D eigenvalue weighted by Gasteiger charge is -2.40. The van der Waals surface area contributed by atoms with Gasteiger partial charge in [0.2, 0.25) is 5.91 Å². The molecule has 18 heavy (non-hydrogen) atoms. The van der Waals surface area contributed by atoms with E-state index in [-0.39, 0.29) is 5.41 Å². The van der Waals surface area contributed by atoms with Crippen LogP contribution in [0.5, 0.6) is 0 Å². The molecule has 0 bridgehead atoms. The first kappa shape index (κ1) is 13.9. The zero-order valence-electron chi connectivity index (χ0n) is 11.8. The van der Waals surface area contributed by atoms with Gasteiger partial charge in [-0.1, -0.05) is 38.5 Å². The molecule has 0 aromatic heterocycles. The third kappa shape index (κ3) is 3.25. The minimum Gasteiger partial charge on any atom is -0.356 e. The van der Waals surface area contributed by atoms with E-state index >= 15 is 0 Å². The van der Waals surface area contributed by atoms with E-state index in [9.17, 15) is 4.79 Å². The van der Waals surface area contributed by atoms with Crippen molar-refractivity contribution < 1.29 is 4.79 Å². The van der Waals surface area contributed by atoms with Crippen molar-refractivity contribution in [1.29, 1.82) is 0 Å². The molecule has 2 aliphatic rings. The average Bonchev–Trinajstić information content (AvgIpc) is 2.35. The van der Waals surface area contributed by atoms with Gasteiger partial charge in [-0.25, -0.2) is 0 Å². The lowest BCUT2D eigenvalue weighted by atomic mass is 9.68. The van der Waals surface area contributed by atoms with E-state index in [1.54, 1.807) is 0 Å². The van der Waals surface area contributed by atoms with Crippen molar-refractivity contribution in [1.82, 2.24) is 10.6 Å². The van der Waals surface area contributed by atoms with Crippen LogP contribution in [0.3, 0.4) is 0 Å². The van der Waals surface area contributed by atoms with Crippen LogP contribution < -0.4 is 10.6 Å². The molecule has 2 aliphatic carbocycles. The second-order valence-corrected chi connectivity index (χ2v) is 6.21. The Labute approximate surface area is 111 Å². The minimum absolute atomic E-state index is 0.0820. The van der Waals surface area contributed by atoms with Crippen molar-refractivity contribution in [2.75, 3.05) is 20.1 Å². The number of carbonyl (C=O) groups is 1. The maximum Gasteiger partial charge on any atom is 0.227 e. The Morgan fingerprint density at radius 2 is 1.89 bits per heavy atom. The fraction of sp³-hybridized carbons (Fsp3) is 0.933. The lowest BCUT2D eigenvalue weighted by Crippen LogP contribution is -2.51. The Morgan fingerprint density at radius 3 is 2.44 bits per heavy atom. The Morgan fingerprint density at radius 1 is 1.17 bits per heavy atom. The monoisotopic (exact) mass is 252 g/mol. The van der Waals surface area contributed by atoms with E-state index in [1.165, 1.54) is 44.9 Å². The molecule has 0 spiro atoms. The van der Waals surface area contributed by atoms with Crippen molar-refractivity contribution in [3.63, 3.8) is 0 Å². The second kappa shape index (κ2) is 6.55. The van der Waals surface area contributed by atoms with Crippen molar-refractivity contribution in [3.05, 3.63) is 0 Å². The van der Waals surface area contributed by atoms with Crippen LogP contribution in [0.25, 0.3) is 0 Å². The van der Waals surface area contributed by atoms with Gasteiger partial charge in [-0.05, 0) is 32.2 Å². The SMILES string of the molecule is CNCC1(C(=O)NCCC2CCCCC2)CCC1. The summed E-state index contributed by atoms with van der Waals surface area (Å²) in [5, 5.41) is 6.35. The Hall–Kier alpha value is -0.570. The van der Waals surface area contributed by atoms with Gasteiger partial charge in [-0.3, -0.25) is 4.79 Å². The van der Waals surface area contributed by atoms with Gasteiger partial charge in [0, 0.05) is 13.1 Å². The van der Waals surface area contributed by atoms with Crippen molar-refractivity contribution in [2.24, 2.45) is 11.3 Å². The van der Waals surface area contributed by atoms with Crippen LogP contribution in [0.4, 0.5) is 0 Å². The zero-order valence-corrected chi connectivity index (χ0v) is 11.8. The molecule has 0 heterocycles. The summed E-state index contributed by atoms with van der Waals surface area (Å²) in [5.74, 6) is 1.15. The molecule has 0 unspecified atom stereocenters. The summed E-state index contributed by atoms with van der Waals surface area (Å²) < 4.78 is 0. The molecule has 3 nitrogen and oxygen atoms in total. The second-order valence-electron chi connectivity index (χ2n) is 6.21. The van der Waals surface area contributed by atoms with E-state index < -0.39 is 0 Å². The summed E-state index contributed by atoms with van der Waals surface area (Å²) in [6.07, 6.45) is 11.4. The van der Waals surface area contributed by atoms with Crippen LogP contribution in [0.15, 0.2) is 0 Å².